The Hall–Kier alpha value is -6.39. The van der Waals surface area contributed by atoms with E-state index in [0.29, 0.717) is 17.5 Å². The molecule has 0 amide bonds. The summed E-state index contributed by atoms with van der Waals surface area (Å²) in [5.74, 6) is 1.99. The molecule has 11 rings (SSSR count). The zero-order valence-electron chi connectivity index (χ0n) is 34.1. The standard InChI is InChI=1S/C54H46N4/c1-52(2)28-29-53(3,4)46-32-47-42(31-45(46)52)40-26-22-33-14-10-11-17-38(33)48(40)58(47)37-24-20-35(21-25-37)50-55-49(34-15-8-7-9-16-34)56-51(57-50)36-23-27-44-41(30-36)39-18-12-13-19-43(39)54(44,5)6/h7-27,30-32H,28-29H2,1-6H3. The van der Waals surface area contributed by atoms with Gasteiger partial charge in [0.15, 0.2) is 17.5 Å². The van der Waals surface area contributed by atoms with Gasteiger partial charge in [-0.25, -0.2) is 15.0 Å². The summed E-state index contributed by atoms with van der Waals surface area (Å²) in [6.07, 6.45) is 2.36. The Labute approximate surface area is 340 Å². The number of hydrogen-bond acceptors (Lipinski definition) is 3. The zero-order valence-corrected chi connectivity index (χ0v) is 34.1. The van der Waals surface area contributed by atoms with Gasteiger partial charge in [0.25, 0.3) is 0 Å². The topological polar surface area (TPSA) is 43.6 Å². The minimum atomic E-state index is -0.0690. The molecule has 0 radical (unpaired) electrons. The lowest BCUT2D eigenvalue weighted by molar-refractivity contribution is 0.332. The van der Waals surface area contributed by atoms with Crippen LogP contribution >= 0.6 is 0 Å². The number of hydrogen-bond donors (Lipinski definition) is 0. The van der Waals surface area contributed by atoms with Crippen molar-refractivity contribution in [2.24, 2.45) is 0 Å². The molecule has 0 unspecified atom stereocenters. The minimum Gasteiger partial charge on any atom is -0.309 e. The summed E-state index contributed by atoms with van der Waals surface area (Å²) < 4.78 is 2.49. The fraction of sp³-hybridized carbons (Fsp3) is 0.204. The molecule has 0 bridgehead atoms. The fourth-order valence-corrected chi connectivity index (χ4v) is 10.1. The summed E-state index contributed by atoms with van der Waals surface area (Å²) in [6, 6.07) is 53.0. The van der Waals surface area contributed by atoms with E-state index in [9.17, 15) is 0 Å². The smallest absolute Gasteiger partial charge is 0.164 e. The van der Waals surface area contributed by atoms with Crippen LogP contribution in [0.15, 0.2) is 146 Å². The second-order valence-electron chi connectivity index (χ2n) is 18.4. The maximum atomic E-state index is 5.20. The van der Waals surface area contributed by atoms with Crippen LogP contribution in [0.4, 0.5) is 0 Å². The molecular formula is C54H46N4. The molecule has 4 heteroatoms. The Kier molecular flexibility index (Phi) is 7.39. The molecule has 2 aliphatic carbocycles. The summed E-state index contributed by atoms with van der Waals surface area (Å²) in [7, 11) is 0. The molecular weight excluding hydrogens is 705 g/mol. The van der Waals surface area contributed by atoms with Crippen LogP contribution in [0.5, 0.6) is 0 Å². The first-order valence-electron chi connectivity index (χ1n) is 20.7. The van der Waals surface area contributed by atoms with Gasteiger partial charge in [0.2, 0.25) is 0 Å². The summed E-state index contributed by atoms with van der Waals surface area (Å²) in [5, 5.41) is 5.09. The van der Waals surface area contributed by atoms with Crippen molar-refractivity contribution in [1.82, 2.24) is 19.5 Å². The normalized spacial score (nSPS) is 16.0. The number of benzene rings is 7. The van der Waals surface area contributed by atoms with Gasteiger partial charge in [-0.2, -0.15) is 0 Å². The Morgan fingerprint density at radius 3 is 1.76 bits per heavy atom. The van der Waals surface area contributed by atoms with Gasteiger partial charge >= 0.3 is 0 Å². The van der Waals surface area contributed by atoms with Crippen LogP contribution in [-0.4, -0.2) is 19.5 Å². The molecule has 2 heterocycles. The molecule has 282 valence electrons. The highest BCUT2D eigenvalue weighted by molar-refractivity contribution is 6.19. The summed E-state index contributed by atoms with van der Waals surface area (Å²) in [4.78, 5) is 15.4. The van der Waals surface area contributed by atoms with Crippen LogP contribution in [0.3, 0.4) is 0 Å². The van der Waals surface area contributed by atoms with E-state index in [1.807, 2.05) is 18.2 Å². The first kappa shape index (κ1) is 34.8. The van der Waals surface area contributed by atoms with E-state index in [0.717, 1.165) is 22.4 Å². The Balaban J connectivity index is 1.09. The third kappa shape index (κ3) is 5.17. The highest BCUT2D eigenvalue weighted by atomic mass is 15.0. The van der Waals surface area contributed by atoms with Gasteiger partial charge in [-0.3, -0.25) is 0 Å². The third-order valence-corrected chi connectivity index (χ3v) is 13.5. The largest absolute Gasteiger partial charge is 0.309 e. The maximum absolute atomic E-state index is 5.20. The SMILES string of the molecule is CC1(C)CCC(C)(C)c2cc3c(cc21)c1ccc2ccccc2c1n3-c1ccc(-c2nc(-c3ccccc3)nc(-c3ccc4c(c3)-c3ccccc3C4(C)C)n2)cc1. The van der Waals surface area contributed by atoms with Crippen molar-refractivity contribution in [2.75, 3.05) is 0 Å². The molecule has 0 aliphatic heterocycles. The molecule has 0 N–H and O–H groups in total. The molecule has 0 spiro atoms. The van der Waals surface area contributed by atoms with Gasteiger partial charge in [0.05, 0.1) is 11.0 Å². The quantitative estimate of drug-likeness (QED) is 0.180. The lowest BCUT2D eigenvalue weighted by Gasteiger charge is -2.42. The summed E-state index contributed by atoms with van der Waals surface area (Å²) >= 11 is 0. The Morgan fingerprint density at radius 2 is 1.02 bits per heavy atom. The molecule has 58 heavy (non-hydrogen) atoms. The van der Waals surface area contributed by atoms with Crippen LogP contribution < -0.4 is 0 Å². The van der Waals surface area contributed by atoms with E-state index in [1.165, 1.54) is 78.8 Å². The van der Waals surface area contributed by atoms with Gasteiger partial charge in [-0.05, 0) is 105 Å². The number of aromatic nitrogens is 4. The van der Waals surface area contributed by atoms with Gasteiger partial charge in [-0.15, -0.1) is 0 Å². The van der Waals surface area contributed by atoms with Crippen LogP contribution in [0.1, 0.15) is 76.6 Å². The van der Waals surface area contributed by atoms with E-state index in [4.69, 9.17) is 15.0 Å². The van der Waals surface area contributed by atoms with Crippen molar-refractivity contribution in [3.8, 4) is 51.0 Å². The molecule has 2 aliphatic rings. The molecule has 9 aromatic rings. The Morgan fingerprint density at radius 1 is 0.431 bits per heavy atom. The fourth-order valence-electron chi connectivity index (χ4n) is 10.1. The lowest BCUT2D eigenvalue weighted by atomic mass is 9.63. The predicted molar refractivity (Wildman–Crippen MR) is 241 cm³/mol. The molecule has 4 nitrogen and oxygen atoms in total. The monoisotopic (exact) mass is 750 g/mol. The van der Waals surface area contributed by atoms with Crippen LogP contribution in [0, 0.1) is 0 Å². The number of rotatable bonds is 4. The highest BCUT2D eigenvalue weighted by Crippen LogP contribution is 2.51. The molecule has 0 saturated heterocycles. The van der Waals surface area contributed by atoms with Crippen molar-refractivity contribution >= 4 is 32.6 Å². The summed E-state index contributed by atoms with van der Waals surface area (Å²) in [5.41, 5.74) is 14.8. The number of fused-ring (bicyclic) bond motifs is 9. The molecule has 0 saturated carbocycles. The van der Waals surface area contributed by atoms with Crippen LogP contribution in [0.25, 0.3) is 83.6 Å². The van der Waals surface area contributed by atoms with E-state index >= 15 is 0 Å². The lowest BCUT2D eigenvalue weighted by Crippen LogP contribution is -2.33. The minimum absolute atomic E-state index is 0.0690. The van der Waals surface area contributed by atoms with Crippen LogP contribution in [-0.2, 0) is 16.2 Å². The second-order valence-corrected chi connectivity index (χ2v) is 18.4. The maximum Gasteiger partial charge on any atom is 0.164 e. The van der Waals surface area contributed by atoms with Crippen molar-refractivity contribution in [3.63, 3.8) is 0 Å². The van der Waals surface area contributed by atoms with E-state index in [1.54, 1.807) is 0 Å². The summed E-state index contributed by atoms with van der Waals surface area (Å²) in [6.45, 7) is 14.3. The number of nitrogens with zero attached hydrogens (tertiary/aromatic N) is 4. The van der Waals surface area contributed by atoms with E-state index in [-0.39, 0.29) is 16.2 Å². The zero-order chi connectivity index (χ0) is 39.6. The molecule has 7 aromatic carbocycles. The molecule has 2 aromatic heterocycles. The van der Waals surface area contributed by atoms with Gasteiger partial charge < -0.3 is 4.57 Å². The average molecular weight is 751 g/mol. The highest BCUT2D eigenvalue weighted by Gasteiger charge is 2.38. The molecule has 0 atom stereocenters. The molecule has 0 fully saturated rings. The van der Waals surface area contributed by atoms with Crippen LogP contribution in [0.2, 0.25) is 0 Å². The average Bonchev–Trinajstić information content (AvgIpc) is 3.70. The Bertz CT molecular complexity index is 3130. The first-order valence-corrected chi connectivity index (χ1v) is 20.7. The van der Waals surface area contributed by atoms with Crippen molar-refractivity contribution in [1.29, 1.82) is 0 Å². The van der Waals surface area contributed by atoms with E-state index in [2.05, 4.69) is 174 Å². The van der Waals surface area contributed by atoms with Crippen molar-refractivity contribution < 1.29 is 0 Å². The van der Waals surface area contributed by atoms with Gasteiger partial charge in [0, 0.05) is 44.0 Å². The predicted octanol–water partition coefficient (Wildman–Crippen LogP) is 13.8. The van der Waals surface area contributed by atoms with Crippen molar-refractivity contribution in [3.05, 3.63) is 168 Å². The van der Waals surface area contributed by atoms with E-state index < -0.39 is 0 Å². The second kappa shape index (κ2) is 12.3. The first-order chi connectivity index (χ1) is 28.0. The third-order valence-electron chi connectivity index (χ3n) is 13.5. The van der Waals surface area contributed by atoms with Crippen molar-refractivity contribution in [2.45, 2.75) is 70.6 Å². The van der Waals surface area contributed by atoms with Gasteiger partial charge in [-0.1, -0.05) is 145 Å². The van der Waals surface area contributed by atoms with Gasteiger partial charge in [0.1, 0.15) is 0 Å².